The van der Waals surface area contributed by atoms with Gasteiger partial charge in [0.1, 0.15) is 11.5 Å². The van der Waals surface area contributed by atoms with Crippen LogP contribution in [-0.2, 0) is 0 Å². The van der Waals surface area contributed by atoms with Crippen LogP contribution >= 0.6 is 0 Å². The molecule has 8 heteroatoms. The number of nitrogens with one attached hydrogen (secondary N) is 2. The number of H-pyrrole nitrogens is 1. The zero-order chi connectivity index (χ0) is 17.7. The van der Waals surface area contributed by atoms with Crippen molar-refractivity contribution in [3.8, 4) is 0 Å². The maximum Gasteiger partial charge on any atom is 0.230 e. The summed E-state index contributed by atoms with van der Waals surface area (Å²) in [6.07, 6.45) is 5.14. The Bertz CT molecular complexity index is 920. The molecule has 2 aliphatic rings. The number of aromatic amines is 1. The van der Waals surface area contributed by atoms with Crippen LogP contribution in [0.5, 0.6) is 0 Å². The van der Waals surface area contributed by atoms with Gasteiger partial charge in [0.05, 0.1) is 5.69 Å². The Hall–Kier alpha value is -2.61. The first kappa shape index (κ1) is 15.6. The van der Waals surface area contributed by atoms with Crippen molar-refractivity contribution in [3.63, 3.8) is 0 Å². The first-order chi connectivity index (χ1) is 12.7. The van der Waals surface area contributed by atoms with E-state index in [4.69, 9.17) is 15.7 Å². The zero-order valence-corrected chi connectivity index (χ0v) is 14.9. The minimum atomic E-state index is 0.286. The van der Waals surface area contributed by atoms with Crippen molar-refractivity contribution >= 4 is 23.4 Å². The molecule has 3 aromatic rings. The van der Waals surface area contributed by atoms with E-state index >= 15 is 0 Å². The standard InChI is InChI=1S/C18H24N8/c1-11-9-13(11)14-10-15(24-23-14)20-18-22-17(21-16-3-2-6-26(16)18)25-7-4-12(19)5-8-25/h2-3,6,10-13H,4-5,7-9,19H2,1H3,(H2,20,21,22,23,24). The molecule has 2 unspecified atom stereocenters. The third-order valence-corrected chi connectivity index (χ3v) is 5.53. The Kier molecular flexibility index (Phi) is 3.59. The molecule has 0 bridgehead atoms. The molecule has 8 nitrogen and oxygen atoms in total. The van der Waals surface area contributed by atoms with E-state index in [0.717, 1.165) is 60.9 Å². The van der Waals surface area contributed by atoms with Crippen molar-refractivity contribution in [1.29, 1.82) is 0 Å². The molecule has 0 radical (unpaired) electrons. The Morgan fingerprint density at radius 1 is 1.27 bits per heavy atom. The summed E-state index contributed by atoms with van der Waals surface area (Å²) >= 11 is 0. The second-order valence-electron chi connectivity index (χ2n) is 7.56. The van der Waals surface area contributed by atoms with E-state index in [1.165, 1.54) is 6.42 Å². The molecule has 5 rings (SSSR count). The molecule has 3 aromatic heterocycles. The minimum Gasteiger partial charge on any atom is -0.341 e. The van der Waals surface area contributed by atoms with Gasteiger partial charge in [0.25, 0.3) is 0 Å². The molecule has 0 amide bonds. The van der Waals surface area contributed by atoms with Gasteiger partial charge in [0.15, 0.2) is 0 Å². The number of hydrogen-bond acceptors (Lipinski definition) is 6. The molecule has 26 heavy (non-hydrogen) atoms. The smallest absolute Gasteiger partial charge is 0.230 e. The molecule has 0 aromatic carbocycles. The molecular formula is C18H24N8. The third kappa shape index (κ3) is 2.80. The van der Waals surface area contributed by atoms with Crippen LogP contribution in [0, 0.1) is 5.92 Å². The monoisotopic (exact) mass is 352 g/mol. The second-order valence-corrected chi connectivity index (χ2v) is 7.56. The highest BCUT2D eigenvalue weighted by molar-refractivity contribution is 5.57. The quantitative estimate of drug-likeness (QED) is 0.666. The highest BCUT2D eigenvalue weighted by Crippen LogP contribution is 2.46. The van der Waals surface area contributed by atoms with E-state index in [-0.39, 0.29) is 6.04 Å². The predicted octanol–water partition coefficient (Wildman–Crippen LogP) is 2.25. The Balaban J connectivity index is 1.44. The van der Waals surface area contributed by atoms with E-state index in [9.17, 15) is 0 Å². The number of hydrogen-bond donors (Lipinski definition) is 3. The van der Waals surface area contributed by atoms with Gasteiger partial charge in [-0.3, -0.25) is 9.50 Å². The number of fused-ring (bicyclic) bond motifs is 1. The summed E-state index contributed by atoms with van der Waals surface area (Å²) in [5.74, 6) is 3.68. The van der Waals surface area contributed by atoms with Gasteiger partial charge >= 0.3 is 0 Å². The Morgan fingerprint density at radius 2 is 2.08 bits per heavy atom. The Morgan fingerprint density at radius 3 is 2.85 bits per heavy atom. The maximum absolute atomic E-state index is 6.03. The van der Waals surface area contributed by atoms with E-state index in [2.05, 4.69) is 33.4 Å². The first-order valence-electron chi connectivity index (χ1n) is 9.35. The summed E-state index contributed by atoms with van der Waals surface area (Å²) in [5, 5.41) is 10.9. The topological polar surface area (TPSA) is 100 Å². The van der Waals surface area contributed by atoms with Crippen LogP contribution in [0.15, 0.2) is 24.4 Å². The molecule has 4 N–H and O–H groups in total. The number of nitrogens with two attached hydrogens (primary N) is 1. The minimum absolute atomic E-state index is 0.286. The lowest BCUT2D eigenvalue weighted by Crippen LogP contribution is -2.40. The summed E-state index contributed by atoms with van der Waals surface area (Å²) in [7, 11) is 0. The fraction of sp³-hybridized carbons (Fsp3) is 0.500. The van der Waals surface area contributed by atoms with Gasteiger partial charge in [-0.2, -0.15) is 15.1 Å². The van der Waals surface area contributed by atoms with Crippen molar-refractivity contribution in [2.75, 3.05) is 23.3 Å². The summed E-state index contributed by atoms with van der Waals surface area (Å²) < 4.78 is 1.96. The maximum atomic E-state index is 6.03. The first-order valence-corrected chi connectivity index (χ1v) is 9.35. The van der Waals surface area contributed by atoms with Gasteiger partial charge in [0.2, 0.25) is 11.9 Å². The van der Waals surface area contributed by atoms with Crippen molar-refractivity contribution < 1.29 is 0 Å². The lowest BCUT2D eigenvalue weighted by molar-refractivity contribution is 0.495. The zero-order valence-electron chi connectivity index (χ0n) is 14.9. The fourth-order valence-corrected chi connectivity index (χ4v) is 3.69. The van der Waals surface area contributed by atoms with Crippen LogP contribution in [0.25, 0.3) is 5.65 Å². The average Bonchev–Trinajstić information content (AvgIpc) is 3.03. The molecular weight excluding hydrogens is 328 g/mol. The summed E-state index contributed by atoms with van der Waals surface area (Å²) in [6.45, 7) is 4.05. The van der Waals surface area contributed by atoms with Crippen LogP contribution in [-0.4, -0.2) is 43.7 Å². The largest absolute Gasteiger partial charge is 0.341 e. The Labute approximate surface area is 151 Å². The van der Waals surface area contributed by atoms with Crippen molar-refractivity contribution in [2.45, 2.75) is 38.1 Å². The molecule has 4 heterocycles. The number of nitrogens with zero attached hydrogens (tertiary/aromatic N) is 5. The van der Waals surface area contributed by atoms with Crippen molar-refractivity contribution in [3.05, 3.63) is 30.1 Å². The van der Waals surface area contributed by atoms with E-state index < -0.39 is 0 Å². The van der Waals surface area contributed by atoms with E-state index in [1.54, 1.807) is 0 Å². The van der Waals surface area contributed by atoms with Crippen LogP contribution in [0.2, 0.25) is 0 Å². The van der Waals surface area contributed by atoms with E-state index in [1.807, 2.05) is 22.7 Å². The summed E-state index contributed by atoms with van der Waals surface area (Å²) in [5.41, 5.74) is 8.03. The predicted molar refractivity (Wildman–Crippen MR) is 101 cm³/mol. The van der Waals surface area contributed by atoms with Gasteiger partial charge in [0, 0.05) is 37.3 Å². The van der Waals surface area contributed by atoms with Gasteiger partial charge < -0.3 is 16.0 Å². The van der Waals surface area contributed by atoms with Gasteiger partial charge in [-0.15, -0.1) is 0 Å². The van der Waals surface area contributed by atoms with Crippen LogP contribution in [0.1, 0.15) is 37.8 Å². The molecule has 1 aliphatic carbocycles. The van der Waals surface area contributed by atoms with E-state index in [0.29, 0.717) is 5.92 Å². The number of piperidine rings is 1. The third-order valence-electron chi connectivity index (χ3n) is 5.53. The van der Waals surface area contributed by atoms with Crippen molar-refractivity contribution in [2.24, 2.45) is 11.7 Å². The van der Waals surface area contributed by atoms with Gasteiger partial charge in [-0.25, -0.2) is 0 Å². The molecule has 0 spiro atoms. The highest BCUT2D eigenvalue weighted by Gasteiger charge is 2.36. The van der Waals surface area contributed by atoms with Crippen LogP contribution < -0.4 is 16.0 Å². The average molecular weight is 352 g/mol. The molecule has 136 valence electrons. The number of rotatable bonds is 4. The fourth-order valence-electron chi connectivity index (χ4n) is 3.69. The molecule has 1 aliphatic heterocycles. The molecule has 1 saturated carbocycles. The van der Waals surface area contributed by atoms with Crippen LogP contribution in [0.4, 0.5) is 17.7 Å². The molecule has 1 saturated heterocycles. The molecule has 2 fully saturated rings. The lowest BCUT2D eigenvalue weighted by Gasteiger charge is -2.30. The lowest BCUT2D eigenvalue weighted by atomic mass is 10.1. The van der Waals surface area contributed by atoms with Crippen LogP contribution in [0.3, 0.4) is 0 Å². The SMILES string of the molecule is CC1CC1c1cc(Nc2nc(N3CCC(N)CC3)nc3cccn23)[nH]n1. The number of anilines is 3. The number of aromatic nitrogens is 5. The second kappa shape index (κ2) is 5.98. The summed E-state index contributed by atoms with van der Waals surface area (Å²) in [4.78, 5) is 11.7. The summed E-state index contributed by atoms with van der Waals surface area (Å²) in [6, 6.07) is 6.35. The highest BCUT2D eigenvalue weighted by atomic mass is 15.3. The van der Waals surface area contributed by atoms with Gasteiger partial charge in [-0.05, 0) is 37.3 Å². The molecule has 2 atom stereocenters. The normalized spacial score (nSPS) is 23.5. The van der Waals surface area contributed by atoms with Gasteiger partial charge in [-0.1, -0.05) is 6.92 Å². The van der Waals surface area contributed by atoms with Crippen molar-refractivity contribution in [1.82, 2.24) is 24.6 Å².